The predicted molar refractivity (Wildman–Crippen MR) is 79.8 cm³/mol. The largest absolute Gasteiger partial charge is 0.456 e. The van der Waals surface area contributed by atoms with E-state index in [9.17, 15) is 4.79 Å². The quantitative estimate of drug-likeness (QED) is 0.796. The molecule has 0 atom stereocenters. The first kappa shape index (κ1) is 14.6. The molecule has 0 unspecified atom stereocenters. The summed E-state index contributed by atoms with van der Waals surface area (Å²) < 4.78 is 6.68. The van der Waals surface area contributed by atoms with Crippen molar-refractivity contribution >= 4 is 21.8 Å². The lowest BCUT2D eigenvalue weighted by Gasteiger charge is -2.16. The van der Waals surface area contributed by atoms with Gasteiger partial charge in [0.2, 0.25) is 0 Å². The fraction of sp³-hybridized carbons (Fsp3) is 0.133. The van der Waals surface area contributed by atoms with Crippen LogP contribution in [0.25, 0.3) is 0 Å². The molecule has 0 aliphatic rings. The van der Waals surface area contributed by atoms with E-state index >= 15 is 0 Å². The van der Waals surface area contributed by atoms with Crippen molar-refractivity contribution in [2.45, 2.75) is 0 Å². The minimum Gasteiger partial charge on any atom is -0.456 e. The van der Waals surface area contributed by atoms with Crippen LogP contribution in [0.4, 0.5) is 0 Å². The van der Waals surface area contributed by atoms with Crippen molar-refractivity contribution < 1.29 is 14.4 Å². The van der Waals surface area contributed by atoms with E-state index in [1.165, 1.54) is 7.11 Å². The van der Waals surface area contributed by atoms with Gasteiger partial charge in [0.25, 0.3) is 5.91 Å². The molecular weight excluding hydrogens is 322 g/mol. The topological polar surface area (TPSA) is 38.8 Å². The molecule has 0 heterocycles. The Hall–Kier alpha value is -1.85. The monoisotopic (exact) mass is 335 g/mol. The fourth-order valence-corrected chi connectivity index (χ4v) is 2.02. The lowest BCUT2D eigenvalue weighted by molar-refractivity contribution is -0.0758. The summed E-state index contributed by atoms with van der Waals surface area (Å²) in [5.41, 5.74) is 0.442. The van der Waals surface area contributed by atoms with Crippen LogP contribution >= 0.6 is 15.9 Å². The Morgan fingerprint density at radius 2 is 1.90 bits per heavy atom. The number of ether oxygens (including phenoxy) is 1. The van der Waals surface area contributed by atoms with Crippen LogP contribution in [0, 0.1) is 0 Å². The predicted octanol–water partition coefficient (Wildman–Crippen LogP) is 3.87. The summed E-state index contributed by atoms with van der Waals surface area (Å²) in [7, 11) is 2.99. The van der Waals surface area contributed by atoms with Crippen LogP contribution in [0.3, 0.4) is 0 Å². The van der Waals surface area contributed by atoms with E-state index in [4.69, 9.17) is 9.57 Å². The summed E-state index contributed by atoms with van der Waals surface area (Å²) in [5, 5.41) is 1.16. The molecule has 0 spiro atoms. The maximum absolute atomic E-state index is 12.2. The molecule has 2 rings (SSSR count). The maximum Gasteiger partial charge on any atom is 0.280 e. The summed E-state index contributed by atoms with van der Waals surface area (Å²) in [6.45, 7) is 0. The zero-order chi connectivity index (χ0) is 14.5. The van der Waals surface area contributed by atoms with Crippen molar-refractivity contribution in [2.75, 3.05) is 14.2 Å². The van der Waals surface area contributed by atoms with E-state index < -0.39 is 0 Å². The average Bonchev–Trinajstić information content (AvgIpc) is 2.46. The van der Waals surface area contributed by atoms with Gasteiger partial charge >= 0.3 is 0 Å². The number of halogens is 1. The van der Waals surface area contributed by atoms with Gasteiger partial charge in [-0.1, -0.05) is 34.1 Å². The Labute approximate surface area is 126 Å². The smallest absolute Gasteiger partial charge is 0.280 e. The first-order valence-electron chi connectivity index (χ1n) is 5.96. The van der Waals surface area contributed by atoms with Crippen molar-refractivity contribution in [2.24, 2.45) is 0 Å². The molecular formula is C15H14BrNO3. The van der Waals surface area contributed by atoms with Gasteiger partial charge in [-0.2, -0.15) is 0 Å². The first-order valence-corrected chi connectivity index (χ1v) is 6.75. The minimum absolute atomic E-state index is 0.266. The number of hydroxylamine groups is 2. The van der Waals surface area contributed by atoms with Gasteiger partial charge in [-0.25, -0.2) is 5.06 Å². The maximum atomic E-state index is 12.2. The highest BCUT2D eigenvalue weighted by atomic mass is 79.9. The van der Waals surface area contributed by atoms with Crippen LogP contribution < -0.4 is 4.74 Å². The number of hydrogen-bond acceptors (Lipinski definition) is 3. The molecule has 0 fully saturated rings. The molecule has 0 aliphatic heterocycles. The van der Waals surface area contributed by atoms with Crippen molar-refractivity contribution in [3.05, 3.63) is 58.6 Å². The Morgan fingerprint density at radius 3 is 2.60 bits per heavy atom. The Morgan fingerprint density at radius 1 is 1.15 bits per heavy atom. The fourth-order valence-electron chi connectivity index (χ4n) is 1.64. The Balaban J connectivity index is 2.31. The lowest BCUT2D eigenvalue weighted by atomic mass is 10.2. The molecule has 0 saturated heterocycles. The van der Waals surface area contributed by atoms with Crippen molar-refractivity contribution in [1.29, 1.82) is 0 Å². The summed E-state index contributed by atoms with van der Waals surface area (Å²) in [5.74, 6) is 0.872. The minimum atomic E-state index is -0.266. The number of carbonyl (C=O) groups excluding carboxylic acids is 1. The van der Waals surface area contributed by atoms with E-state index in [2.05, 4.69) is 15.9 Å². The van der Waals surface area contributed by atoms with E-state index in [-0.39, 0.29) is 5.91 Å². The summed E-state index contributed by atoms with van der Waals surface area (Å²) >= 11 is 3.38. The van der Waals surface area contributed by atoms with Gasteiger partial charge in [-0.05, 0) is 30.3 Å². The third kappa shape index (κ3) is 3.37. The summed E-state index contributed by atoms with van der Waals surface area (Å²) in [6.07, 6.45) is 0. The number of para-hydroxylation sites is 1. The van der Waals surface area contributed by atoms with Crippen molar-refractivity contribution in [1.82, 2.24) is 5.06 Å². The van der Waals surface area contributed by atoms with E-state index in [1.807, 2.05) is 30.3 Å². The van der Waals surface area contributed by atoms with Crippen LogP contribution in [0.1, 0.15) is 10.4 Å². The normalized spacial score (nSPS) is 10.2. The van der Waals surface area contributed by atoms with Gasteiger partial charge in [0.05, 0.1) is 12.7 Å². The number of rotatable bonds is 4. The molecule has 20 heavy (non-hydrogen) atoms. The zero-order valence-corrected chi connectivity index (χ0v) is 12.8. The first-order chi connectivity index (χ1) is 9.61. The second kappa shape index (κ2) is 6.54. The third-order valence-corrected chi connectivity index (χ3v) is 3.19. The average molecular weight is 336 g/mol. The third-order valence-electron chi connectivity index (χ3n) is 2.70. The highest BCUT2D eigenvalue weighted by molar-refractivity contribution is 9.10. The SMILES string of the molecule is CON(C)C(=O)c1ccccc1Oc1cccc(Br)c1. The molecule has 0 N–H and O–H groups in total. The lowest BCUT2D eigenvalue weighted by Crippen LogP contribution is -2.25. The standard InChI is InChI=1S/C15H14BrNO3/c1-17(19-2)15(18)13-8-3-4-9-14(13)20-12-7-5-6-11(16)10-12/h3-10H,1-2H3. The molecule has 5 heteroatoms. The number of amides is 1. The van der Waals surface area contributed by atoms with Gasteiger partial charge in [-0.15, -0.1) is 0 Å². The van der Waals surface area contributed by atoms with E-state index in [0.29, 0.717) is 17.1 Å². The van der Waals surface area contributed by atoms with Crippen LogP contribution in [0.15, 0.2) is 53.0 Å². The van der Waals surface area contributed by atoms with Crippen molar-refractivity contribution in [3.63, 3.8) is 0 Å². The number of carbonyl (C=O) groups is 1. The molecule has 0 aromatic heterocycles. The number of hydrogen-bond donors (Lipinski definition) is 0. The second-order valence-electron chi connectivity index (χ2n) is 4.04. The van der Waals surface area contributed by atoms with E-state index in [0.717, 1.165) is 9.54 Å². The van der Waals surface area contributed by atoms with E-state index in [1.54, 1.807) is 25.2 Å². The number of benzene rings is 2. The van der Waals surface area contributed by atoms with Crippen LogP contribution in [-0.2, 0) is 4.84 Å². The molecule has 104 valence electrons. The van der Waals surface area contributed by atoms with Crippen molar-refractivity contribution in [3.8, 4) is 11.5 Å². The Bertz CT molecular complexity index is 616. The molecule has 2 aromatic carbocycles. The van der Waals surface area contributed by atoms with Crippen LogP contribution in [0.5, 0.6) is 11.5 Å². The number of nitrogens with zero attached hydrogens (tertiary/aromatic N) is 1. The van der Waals surface area contributed by atoms with Crippen LogP contribution in [-0.4, -0.2) is 25.1 Å². The zero-order valence-electron chi connectivity index (χ0n) is 11.2. The van der Waals surface area contributed by atoms with Gasteiger partial charge in [0.15, 0.2) is 0 Å². The molecule has 1 amide bonds. The molecule has 0 radical (unpaired) electrons. The van der Waals surface area contributed by atoms with Gasteiger partial charge < -0.3 is 4.74 Å². The van der Waals surface area contributed by atoms with Gasteiger partial charge in [0, 0.05) is 11.5 Å². The highest BCUT2D eigenvalue weighted by Crippen LogP contribution is 2.27. The van der Waals surface area contributed by atoms with Gasteiger partial charge in [0.1, 0.15) is 11.5 Å². The molecule has 0 bridgehead atoms. The molecule has 4 nitrogen and oxygen atoms in total. The molecule has 0 aliphatic carbocycles. The highest BCUT2D eigenvalue weighted by Gasteiger charge is 2.16. The van der Waals surface area contributed by atoms with Crippen LogP contribution in [0.2, 0.25) is 0 Å². The van der Waals surface area contributed by atoms with Gasteiger partial charge in [-0.3, -0.25) is 9.63 Å². The summed E-state index contributed by atoms with van der Waals surface area (Å²) in [4.78, 5) is 17.1. The Kier molecular flexibility index (Phi) is 4.76. The summed E-state index contributed by atoms with van der Waals surface area (Å²) in [6, 6.07) is 14.5. The molecule has 2 aromatic rings. The molecule has 0 saturated carbocycles. The second-order valence-corrected chi connectivity index (χ2v) is 4.96.